The number of anilines is 1. The lowest BCUT2D eigenvalue weighted by molar-refractivity contribution is -0.118. The first-order chi connectivity index (χ1) is 7.95. The summed E-state index contributed by atoms with van der Waals surface area (Å²) in [6, 6.07) is 4.46. The van der Waals surface area contributed by atoms with Gasteiger partial charge in [-0.25, -0.2) is 0 Å². The molecule has 1 aromatic rings. The summed E-state index contributed by atoms with van der Waals surface area (Å²) in [6.07, 6.45) is 0. The number of amides is 1. The summed E-state index contributed by atoms with van der Waals surface area (Å²) in [7, 11) is 1.53. The number of carbonyl (C=O) groups excluding carboxylic acids is 1. The molecule has 0 aliphatic rings. The van der Waals surface area contributed by atoms with Crippen molar-refractivity contribution in [2.45, 2.75) is 19.9 Å². The van der Waals surface area contributed by atoms with Crippen LogP contribution in [-0.2, 0) is 4.79 Å². The number of methoxy groups -OCH3 is 1. The fourth-order valence-electron chi connectivity index (χ4n) is 1.30. The van der Waals surface area contributed by atoms with Crippen LogP contribution in [0.2, 0.25) is 5.02 Å². The minimum Gasteiger partial charge on any atom is -0.495 e. The van der Waals surface area contributed by atoms with E-state index in [1.807, 2.05) is 13.8 Å². The monoisotopic (exact) mass is 256 g/mol. The summed E-state index contributed by atoms with van der Waals surface area (Å²) in [5.41, 5.74) is 6.28. The molecule has 0 saturated carbocycles. The maximum Gasteiger partial charge on any atom is 0.241 e. The molecule has 0 heterocycles. The third-order valence-corrected chi connectivity index (χ3v) is 2.68. The molecule has 0 spiro atoms. The number of halogens is 1. The zero-order valence-corrected chi connectivity index (χ0v) is 10.9. The average molecular weight is 257 g/mol. The number of nitrogens with one attached hydrogen (secondary N) is 1. The Balaban J connectivity index is 2.87. The Bertz CT molecular complexity index is 407. The first-order valence-corrected chi connectivity index (χ1v) is 5.73. The van der Waals surface area contributed by atoms with Gasteiger partial charge in [0.05, 0.1) is 18.8 Å². The van der Waals surface area contributed by atoms with E-state index in [4.69, 9.17) is 22.1 Å². The van der Waals surface area contributed by atoms with E-state index >= 15 is 0 Å². The molecule has 0 aliphatic heterocycles. The van der Waals surface area contributed by atoms with Crippen LogP contribution >= 0.6 is 11.6 Å². The standard InChI is InChI=1S/C12H17ClN2O2/c1-7(2)11(14)12(16)15-9-6-8(13)4-5-10(9)17-3/h4-7,11H,14H2,1-3H3,(H,15,16). The zero-order valence-electron chi connectivity index (χ0n) is 10.2. The van der Waals surface area contributed by atoms with Gasteiger partial charge >= 0.3 is 0 Å². The SMILES string of the molecule is COc1ccc(Cl)cc1NC(=O)C(N)C(C)C. The molecule has 1 aromatic carbocycles. The number of rotatable bonds is 4. The Morgan fingerprint density at radius 3 is 2.65 bits per heavy atom. The number of carbonyl (C=O) groups is 1. The van der Waals surface area contributed by atoms with Crippen molar-refractivity contribution in [1.82, 2.24) is 0 Å². The summed E-state index contributed by atoms with van der Waals surface area (Å²) in [5.74, 6) is 0.374. The van der Waals surface area contributed by atoms with Crippen LogP contribution in [0, 0.1) is 5.92 Å². The van der Waals surface area contributed by atoms with Crippen LogP contribution in [0.25, 0.3) is 0 Å². The largest absolute Gasteiger partial charge is 0.495 e. The lowest BCUT2D eigenvalue weighted by Gasteiger charge is -2.16. The summed E-state index contributed by atoms with van der Waals surface area (Å²) < 4.78 is 5.13. The predicted molar refractivity (Wildman–Crippen MR) is 69.4 cm³/mol. The predicted octanol–water partition coefficient (Wildman–Crippen LogP) is 2.27. The molecule has 1 unspecified atom stereocenters. The first-order valence-electron chi connectivity index (χ1n) is 5.35. The van der Waals surface area contributed by atoms with Gasteiger partial charge in [-0.1, -0.05) is 25.4 Å². The second kappa shape index (κ2) is 5.89. The molecular formula is C12H17ClN2O2. The number of ether oxygens (including phenoxy) is 1. The maximum atomic E-state index is 11.8. The second-order valence-electron chi connectivity index (χ2n) is 4.10. The van der Waals surface area contributed by atoms with Crippen LogP contribution in [0.1, 0.15) is 13.8 Å². The highest BCUT2D eigenvalue weighted by Gasteiger charge is 2.18. The van der Waals surface area contributed by atoms with Gasteiger partial charge < -0.3 is 15.8 Å². The minimum atomic E-state index is -0.557. The number of nitrogens with two attached hydrogens (primary N) is 1. The van der Waals surface area contributed by atoms with Gasteiger partial charge in [-0.05, 0) is 24.1 Å². The quantitative estimate of drug-likeness (QED) is 0.869. The molecule has 4 nitrogen and oxygen atoms in total. The highest BCUT2D eigenvalue weighted by atomic mass is 35.5. The van der Waals surface area contributed by atoms with Gasteiger partial charge in [-0.3, -0.25) is 4.79 Å². The minimum absolute atomic E-state index is 0.0696. The van der Waals surface area contributed by atoms with Crippen LogP contribution in [0.5, 0.6) is 5.75 Å². The van der Waals surface area contributed by atoms with Crippen LogP contribution in [0.4, 0.5) is 5.69 Å². The topological polar surface area (TPSA) is 64.3 Å². The number of benzene rings is 1. The summed E-state index contributed by atoms with van der Waals surface area (Å²) in [5, 5.41) is 3.24. The summed E-state index contributed by atoms with van der Waals surface area (Å²) in [4.78, 5) is 11.8. The maximum absolute atomic E-state index is 11.8. The molecule has 94 valence electrons. The van der Waals surface area contributed by atoms with E-state index in [0.29, 0.717) is 16.5 Å². The van der Waals surface area contributed by atoms with Crippen LogP contribution in [0.15, 0.2) is 18.2 Å². The molecule has 5 heteroatoms. The van der Waals surface area contributed by atoms with Gasteiger partial charge in [0, 0.05) is 5.02 Å². The molecule has 0 bridgehead atoms. The second-order valence-corrected chi connectivity index (χ2v) is 4.54. The van der Waals surface area contributed by atoms with E-state index in [0.717, 1.165) is 0 Å². The van der Waals surface area contributed by atoms with Crippen molar-refractivity contribution in [2.24, 2.45) is 11.7 Å². The highest BCUT2D eigenvalue weighted by Crippen LogP contribution is 2.27. The molecule has 17 heavy (non-hydrogen) atoms. The Morgan fingerprint density at radius 1 is 1.47 bits per heavy atom. The molecule has 0 fully saturated rings. The van der Waals surface area contributed by atoms with Crippen LogP contribution in [0.3, 0.4) is 0 Å². The molecule has 0 aliphatic carbocycles. The Morgan fingerprint density at radius 2 is 2.12 bits per heavy atom. The van der Waals surface area contributed by atoms with Crippen molar-refractivity contribution in [3.05, 3.63) is 23.2 Å². The average Bonchev–Trinajstić information content (AvgIpc) is 2.28. The molecule has 0 radical (unpaired) electrons. The van der Waals surface area contributed by atoms with Crippen molar-refractivity contribution in [3.8, 4) is 5.75 Å². The van der Waals surface area contributed by atoms with Gasteiger partial charge in [0.2, 0.25) is 5.91 Å². The van der Waals surface area contributed by atoms with Gasteiger partial charge in [-0.15, -0.1) is 0 Å². The Kier molecular flexibility index (Phi) is 4.78. The summed E-state index contributed by atoms with van der Waals surface area (Å²) in [6.45, 7) is 3.78. The lowest BCUT2D eigenvalue weighted by atomic mass is 10.0. The van der Waals surface area contributed by atoms with E-state index in [1.165, 1.54) is 7.11 Å². The van der Waals surface area contributed by atoms with Crippen molar-refractivity contribution < 1.29 is 9.53 Å². The Hall–Kier alpha value is -1.26. The van der Waals surface area contributed by atoms with Gasteiger partial charge in [0.25, 0.3) is 0 Å². The van der Waals surface area contributed by atoms with Crippen molar-refractivity contribution >= 4 is 23.2 Å². The van der Waals surface area contributed by atoms with Crippen molar-refractivity contribution in [1.29, 1.82) is 0 Å². The third-order valence-electron chi connectivity index (χ3n) is 2.44. The lowest BCUT2D eigenvalue weighted by Crippen LogP contribution is -2.39. The zero-order chi connectivity index (χ0) is 13.0. The normalized spacial score (nSPS) is 12.4. The fourth-order valence-corrected chi connectivity index (χ4v) is 1.47. The first kappa shape index (κ1) is 13.8. The number of hydrogen-bond donors (Lipinski definition) is 2. The summed E-state index contributed by atoms with van der Waals surface area (Å²) >= 11 is 5.86. The van der Waals surface area contributed by atoms with E-state index in [2.05, 4.69) is 5.32 Å². The van der Waals surface area contributed by atoms with Crippen LogP contribution < -0.4 is 15.8 Å². The van der Waals surface area contributed by atoms with E-state index in [9.17, 15) is 4.79 Å². The molecule has 0 saturated heterocycles. The highest BCUT2D eigenvalue weighted by molar-refractivity contribution is 6.31. The molecule has 1 amide bonds. The molecule has 0 aromatic heterocycles. The van der Waals surface area contributed by atoms with Crippen molar-refractivity contribution in [3.63, 3.8) is 0 Å². The van der Waals surface area contributed by atoms with Crippen molar-refractivity contribution in [2.75, 3.05) is 12.4 Å². The molecule has 1 atom stereocenters. The fraction of sp³-hybridized carbons (Fsp3) is 0.417. The number of hydrogen-bond acceptors (Lipinski definition) is 3. The molecular weight excluding hydrogens is 240 g/mol. The van der Waals surface area contributed by atoms with E-state index in [-0.39, 0.29) is 11.8 Å². The van der Waals surface area contributed by atoms with Gasteiger partial charge in [0.15, 0.2) is 0 Å². The smallest absolute Gasteiger partial charge is 0.241 e. The van der Waals surface area contributed by atoms with Gasteiger partial charge in [0.1, 0.15) is 5.75 Å². The molecule has 1 rings (SSSR count). The van der Waals surface area contributed by atoms with Gasteiger partial charge in [-0.2, -0.15) is 0 Å². The van der Waals surface area contributed by atoms with Crippen LogP contribution in [-0.4, -0.2) is 19.1 Å². The molecule has 3 N–H and O–H groups in total. The van der Waals surface area contributed by atoms with E-state index < -0.39 is 6.04 Å². The third kappa shape index (κ3) is 3.61. The van der Waals surface area contributed by atoms with E-state index in [1.54, 1.807) is 18.2 Å². The Labute approximate surface area is 106 Å².